The largest absolute Gasteiger partial charge is 0.381 e. The van der Waals surface area contributed by atoms with E-state index in [0.29, 0.717) is 38.4 Å². The van der Waals surface area contributed by atoms with Crippen LogP contribution >= 0.6 is 0 Å². The molecule has 0 aliphatic carbocycles. The van der Waals surface area contributed by atoms with Crippen molar-refractivity contribution in [2.75, 3.05) is 13.2 Å². The highest BCUT2D eigenvalue weighted by molar-refractivity contribution is 5.86. The van der Waals surface area contributed by atoms with E-state index >= 15 is 0 Å². The summed E-state index contributed by atoms with van der Waals surface area (Å²) in [5, 5.41) is 6.84. The lowest BCUT2D eigenvalue weighted by atomic mass is 9.90. The van der Waals surface area contributed by atoms with Crippen molar-refractivity contribution in [3.8, 4) is 0 Å². The first-order valence-electron chi connectivity index (χ1n) is 5.60. The van der Waals surface area contributed by atoms with Crippen LogP contribution in [-0.2, 0) is 23.1 Å². The van der Waals surface area contributed by atoms with Gasteiger partial charge in [-0.3, -0.25) is 9.48 Å². The molecule has 7 heteroatoms. The first-order valence-corrected chi connectivity index (χ1v) is 5.60. The van der Waals surface area contributed by atoms with Crippen LogP contribution in [0.4, 0.5) is 0 Å². The van der Waals surface area contributed by atoms with E-state index in [9.17, 15) is 4.79 Å². The molecule has 0 spiro atoms. The van der Waals surface area contributed by atoms with Gasteiger partial charge >= 0.3 is 0 Å². The minimum atomic E-state index is -0.812. The van der Waals surface area contributed by atoms with Gasteiger partial charge in [0.1, 0.15) is 6.33 Å². The molecule has 2 rings (SSSR count). The maximum Gasteiger partial charge on any atom is 0.240 e. The van der Waals surface area contributed by atoms with Gasteiger partial charge < -0.3 is 15.8 Å². The zero-order valence-corrected chi connectivity index (χ0v) is 9.85. The summed E-state index contributed by atoms with van der Waals surface area (Å²) in [5.74, 6) is 0.421. The molecule has 1 saturated heterocycles. The summed E-state index contributed by atoms with van der Waals surface area (Å²) in [6.07, 6.45) is 2.69. The van der Waals surface area contributed by atoms with Crippen molar-refractivity contribution in [3.63, 3.8) is 0 Å². The molecule has 17 heavy (non-hydrogen) atoms. The fraction of sp³-hybridized carbons (Fsp3) is 0.700. The monoisotopic (exact) mass is 239 g/mol. The van der Waals surface area contributed by atoms with E-state index in [0.717, 1.165) is 0 Å². The van der Waals surface area contributed by atoms with Crippen LogP contribution in [0, 0.1) is 0 Å². The predicted octanol–water partition coefficient (Wildman–Crippen LogP) is -1.06. The number of nitrogens with one attached hydrogen (secondary N) is 1. The number of ether oxygens (including phenoxy) is 1. The van der Waals surface area contributed by atoms with Gasteiger partial charge in [-0.15, -0.1) is 0 Å². The Morgan fingerprint density at radius 3 is 2.94 bits per heavy atom. The molecule has 0 aromatic carbocycles. The topological polar surface area (TPSA) is 95.1 Å². The van der Waals surface area contributed by atoms with Crippen LogP contribution in [-0.4, -0.2) is 39.4 Å². The summed E-state index contributed by atoms with van der Waals surface area (Å²) in [4.78, 5) is 16.0. The lowest BCUT2D eigenvalue weighted by molar-refractivity contribution is -0.129. The molecule has 1 aliphatic heterocycles. The highest BCUT2D eigenvalue weighted by atomic mass is 16.5. The number of carbonyl (C=O) groups is 1. The molecular formula is C10H17N5O2. The van der Waals surface area contributed by atoms with Gasteiger partial charge in [-0.2, -0.15) is 5.10 Å². The first-order chi connectivity index (χ1) is 8.10. The quantitative estimate of drug-likeness (QED) is 0.701. The number of aromatic nitrogens is 3. The Morgan fingerprint density at radius 2 is 2.35 bits per heavy atom. The number of nitrogens with zero attached hydrogens (tertiary/aromatic N) is 3. The molecule has 1 aliphatic rings. The summed E-state index contributed by atoms with van der Waals surface area (Å²) >= 11 is 0. The third kappa shape index (κ3) is 2.80. The van der Waals surface area contributed by atoms with Gasteiger partial charge in [0.2, 0.25) is 5.91 Å². The highest BCUT2D eigenvalue weighted by Gasteiger charge is 2.35. The Hall–Kier alpha value is -1.47. The smallest absolute Gasteiger partial charge is 0.240 e. The minimum absolute atomic E-state index is 0.159. The van der Waals surface area contributed by atoms with E-state index in [-0.39, 0.29) is 5.91 Å². The van der Waals surface area contributed by atoms with E-state index in [1.54, 1.807) is 18.1 Å². The van der Waals surface area contributed by atoms with Crippen LogP contribution in [0.2, 0.25) is 0 Å². The van der Waals surface area contributed by atoms with Gasteiger partial charge in [-0.05, 0) is 12.8 Å². The molecule has 94 valence electrons. The summed E-state index contributed by atoms with van der Waals surface area (Å²) in [7, 11) is 1.78. The van der Waals surface area contributed by atoms with Gasteiger partial charge in [0.25, 0.3) is 0 Å². The summed E-state index contributed by atoms with van der Waals surface area (Å²) in [6, 6.07) is 0. The molecule has 0 bridgehead atoms. The number of hydrogen-bond donors (Lipinski definition) is 2. The molecule has 1 amide bonds. The lowest BCUT2D eigenvalue weighted by Gasteiger charge is -2.31. The molecule has 7 nitrogen and oxygen atoms in total. The summed E-state index contributed by atoms with van der Waals surface area (Å²) in [5.41, 5.74) is 5.22. The maximum absolute atomic E-state index is 11.9. The Labute approximate surface area is 99.3 Å². The maximum atomic E-state index is 11.9. The zero-order chi connectivity index (χ0) is 12.3. The lowest BCUT2D eigenvalue weighted by Crippen LogP contribution is -2.56. The summed E-state index contributed by atoms with van der Waals surface area (Å²) < 4.78 is 6.78. The van der Waals surface area contributed by atoms with Crippen molar-refractivity contribution in [1.29, 1.82) is 0 Å². The van der Waals surface area contributed by atoms with Gasteiger partial charge in [0.05, 0.1) is 12.1 Å². The summed E-state index contributed by atoms with van der Waals surface area (Å²) in [6.45, 7) is 1.37. The van der Waals surface area contributed by atoms with Gasteiger partial charge in [-0.25, -0.2) is 4.98 Å². The third-order valence-corrected chi connectivity index (χ3v) is 2.89. The van der Waals surface area contributed by atoms with Crippen LogP contribution in [0.3, 0.4) is 0 Å². The zero-order valence-electron chi connectivity index (χ0n) is 9.85. The van der Waals surface area contributed by atoms with Gasteiger partial charge in [0.15, 0.2) is 5.82 Å². The molecule has 2 heterocycles. The van der Waals surface area contributed by atoms with Crippen LogP contribution in [0.1, 0.15) is 18.7 Å². The van der Waals surface area contributed by atoms with Crippen molar-refractivity contribution < 1.29 is 9.53 Å². The molecule has 0 saturated carbocycles. The number of rotatable bonds is 3. The van der Waals surface area contributed by atoms with Crippen LogP contribution in [0.5, 0.6) is 0 Å². The normalized spacial score (nSPS) is 18.9. The molecular weight excluding hydrogens is 222 g/mol. The van der Waals surface area contributed by atoms with Gasteiger partial charge in [-0.1, -0.05) is 0 Å². The second-order valence-corrected chi connectivity index (χ2v) is 4.29. The molecule has 0 unspecified atom stereocenters. The molecule has 0 atom stereocenters. The minimum Gasteiger partial charge on any atom is -0.381 e. The molecule has 1 aromatic heterocycles. The van der Waals surface area contributed by atoms with E-state index < -0.39 is 5.54 Å². The molecule has 1 fully saturated rings. The highest BCUT2D eigenvalue weighted by Crippen LogP contribution is 2.17. The Balaban J connectivity index is 1.88. The average Bonchev–Trinajstić information content (AvgIpc) is 2.73. The fourth-order valence-electron chi connectivity index (χ4n) is 1.76. The van der Waals surface area contributed by atoms with E-state index in [1.165, 1.54) is 0 Å². The SMILES string of the molecule is Cn1cnc(CNC(=O)C2(N)CCOCC2)n1. The van der Waals surface area contributed by atoms with Crippen molar-refractivity contribution in [1.82, 2.24) is 20.1 Å². The van der Waals surface area contributed by atoms with Crippen molar-refractivity contribution >= 4 is 5.91 Å². The predicted molar refractivity (Wildman–Crippen MR) is 59.8 cm³/mol. The number of nitrogens with two attached hydrogens (primary N) is 1. The standard InChI is InChI=1S/C10H17N5O2/c1-15-7-13-8(14-15)6-12-9(16)10(11)2-4-17-5-3-10/h7H,2-6,11H2,1H3,(H,12,16). The van der Waals surface area contributed by atoms with Crippen LogP contribution in [0.15, 0.2) is 6.33 Å². The first kappa shape index (κ1) is 12.0. The number of carbonyl (C=O) groups excluding carboxylic acids is 1. The number of amides is 1. The van der Waals surface area contributed by atoms with E-state index in [2.05, 4.69) is 15.4 Å². The van der Waals surface area contributed by atoms with Crippen molar-refractivity contribution in [2.45, 2.75) is 24.9 Å². The fourth-order valence-corrected chi connectivity index (χ4v) is 1.76. The second kappa shape index (κ2) is 4.80. The van der Waals surface area contributed by atoms with E-state index in [4.69, 9.17) is 10.5 Å². The van der Waals surface area contributed by atoms with Crippen LogP contribution < -0.4 is 11.1 Å². The van der Waals surface area contributed by atoms with Crippen LogP contribution in [0.25, 0.3) is 0 Å². The van der Waals surface area contributed by atoms with E-state index in [1.807, 2.05) is 0 Å². The Morgan fingerprint density at radius 1 is 1.65 bits per heavy atom. The average molecular weight is 239 g/mol. The Bertz CT molecular complexity index is 397. The van der Waals surface area contributed by atoms with Crippen molar-refractivity contribution in [3.05, 3.63) is 12.2 Å². The molecule has 0 radical (unpaired) electrons. The van der Waals surface area contributed by atoms with Gasteiger partial charge in [0, 0.05) is 20.3 Å². The van der Waals surface area contributed by atoms with Crippen molar-refractivity contribution in [2.24, 2.45) is 12.8 Å². The number of hydrogen-bond acceptors (Lipinski definition) is 5. The Kier molecular flexibility index (Phi) is 3.39. The number of aryl methyl sites for hydroxylation is 1. The second-order valence-electron chi connectivity index (χ2n) is 4.29. The third-order valence-electron chi connectivity index (χ3n) is 2.89. The molecule has 1 aromatic rings. The molecule has 3 N–H and O–H groups in total.